The molecule has 1 amide bonds. The second-order valence-electron chi connectivity index (χ2n) is 5.34. The van der Waals surface area contributed by atoms with E-state index >= 15 is 0 Å². The van der Waals surface area contributed by atoms with Crippen LogP contribution in [0.1, 0.15) is 37.7 Å². The highest BCUT2D eigenvalue weighted by Crippen LogP contribution is 2.19. The van der Waals surface area contributed by atoms with Crippen LogP contribution in [-0.4, -0.2) is 18.5 Å². The van der Waals surface area contributed by atoms with E-state index in [1.807, 2.05) is 0 Å². The summed E-state index contributed by atoms with van der Waals surface area (Å²) in [5.74, 6) is -1.21. The van der Waals surface area contributed by atoms with Crippen molar-refractivity contribution >= 4 is 11.6 Å². The van der Waals surface area contributed by atoms with Gasteiger partial charge in [-0.25, -0.2) is 8.78 Å². The molecule has 0 spiro atoms. The largest absolute Gasteiger partial charge is 0.374 e. The summed E-state index contributed by atoms with van der Waals surface area (Å²) in [5.41, 5.74) is 0.270. The van der Waals surface area contributed by atoms with Gasteiger partial charge in [0.05, 0.1) is 12.2 Å². The average Bonchev–Trinajstić information content (AvgIpc) is 2.42. The van der Waals surface area contributed by atoms with Crippen LogP contribution in [-0.2, 0) is 4.79 Å². The van der Waals surface area contributed by atoms with Crippen LogP contribution in [0.25, 0.3) is 0 Å². The fourth-order valence-electron chi connectivity index (χ4n) is 2.48. The SMILES string of the molecule is Cc1cc(F)c(NCC(=O)NC2CCCCC2)cc1F. The fourth-order valence-corrected chi connectivity index (χ4v) is 2.48. The Morgan fingerprint density at radius 2 is 1.90 bits per heavy atom. The van der Waals surface area contributed by atoms with E-state index in [-0.39, 0.29) is 29.7 Å². The highest BCUT2D eigenvalue weighted by atomic mass is 19.1. The van der Waals surface area contributed by atoms with E-state index in [0.717, 1.165) is 37.8 Å². The molecule has 0 bridgehead atoms. The number of amides is 1. The number of carbonyl (C=O) groups excluding carboxylic acids is 1. The molecule has 1 aromatic carbocycles. The first-order valence-electron chi connectivity index (χ1n) is 7.05. The third-order valence-corrected chi connectivity index (χ3v) is 3.66. The summed E-state index contributed by atoms with van der Waals surface area (Å²) in [6.07, 6.45) is 5.49. The normalized spacial score (nSPS) is 15.9. The van der Waals surface area contributed by atoms with Gasteiger partial charge >= 0.3 is 0 Å². The minimum absolute atomic E-state index is 0.0203. The number of hydrogen-bond donors (Lipinski definition) is 2. The molecule has 5 heteroatoms. The van der Waals surface area contributed by atoms with Crippen molar-refractivity contribution in [2.45, 2.75) is 45.1 Å². The molecule has 1 aliphatic carbocycles. The van der Waals surface area contributed by atoms with E-state index < -0.39 is 11.6 Å². The molecule has 0 atom stereocenters. The van der Waals surface area contributed by atoms with Gasteiger partial charge in [0.25, 0.3) is 0 Å². The van der Waals surface area contributed by atoms with E-state index in [9.17, 15) is 13.6 Å². The van der Waals surface area contributed by atoms with Gasteiger partial charge in [-0.15, -0.1) is 0 Å². The number of carbonyl (C=O) groups is 1. The monoisotopic (exact) mass is 282 g/mol. The predicted octanol–water partition coefficient (Wildman–Crippen LogP) is 3.13. The maximum absolute atomic E-state index is 13.6. The third-order valence-electron chi connectivity index (χ3n) is 3.66. The molecule has 1 aliphatic rings. The topological polar surface area (TPSA) is 41.1 Å². The lowest BCUT2D eigenvalue weighted by Gasteiger charge is -2.22. The van der Waals surface area contributed by atoms with Gasteiger partial charge in [-0.05, 0) is 31.4 Å². The van der Waals surface area contributed by atoms with Crippen molar-refractivity contribution in [3.05, 3.63) is 29.3 Å². The Kier molecular flexibility index (Phi) is 4.93. The summed E-state index contributed by atoms with van der Waals surface area (Å²) < 4.78 is 26.9. The number of hydrogen-bond acceptors (Lipinski definition) is 2. The van der Waals surface area contributed by atoms with Crippen LogP contribution in [0.5, 0.6) is 0 Å². The van der Waals surface area contributed by atoms with Gasteiger partial charge in [-0.2, -0.15) is 0 Å². The van der Waals surface area contributed by atoms with Crippen LogP contribution >= 0.6 is 0 Å². The van der Waals surface area contributed by atoms with Crippen molar-refractivity contribution < 1.29 is 13.6 Å². The average molecular weight is 282 g/mol. The zero-order valence-electron chi connectivity index (χ0n) is 11.6. The molecule has 0 aliphatic heterocycles. The van der Waals surface area contributed by atoms with Gasteiger partial charge in [-0.1, -0.05) is 19.3 Å². The second kappa shape index (κ2) is 6.68. The Balaban J connectivity index is 1.85. The molecule has 1 aromatic rings. The Hall–Kier alpha value is -1.65. The molecule has 0 heterocycles. The second-order valence-corrected chi connectivity index (χ2v) is 5.34. The van der Waals surface area contributed by atoms with Crippen molar-refractivity contribution in [1.29, 1.82) is 0 Å². The van der Waals surface area contributed by atoms with Crippen LogP contribution in [0.2, 0.25) is 0 Å². The van der Waals surface area contributed by atoms with Gasteiger partial charge in [0.2, 0.25) is 5.91 Å². The van der Waals surface area contributed by atoms with Gasteiger partial charge in [-0.3, -0.25) is 4.79 Å². The molecule has 2 N–H and O–H groups in total. The van der Waals surface area contributed by atoms with Crippen LogP contribution in [0, 0.1) is 18.6 Å². The lowest BCUT2D eigenvalue weighted by molar-refractivity contribution is -0.120. The van der Waals surface area contributed by atoms with Crippen LogP contribution in [0.15, 0.2) is 12.1 Å². The standard InChI is InChI=1S/C15H20F2N2O/c1-10-7-13(17)14(8-12(10)16)18-9-15(20)19-11-5-3-2-4-6-11/h7-8,11,18H,2-6,9H2,1H3,(H,19,20). The number of nitrogens with one attached hydrogen (secondary N) is 2. The van der Waals surface area contributed by atoms with E-state index in [0.29, 0.717) is 0 Å². The van der Waals surface area contributed by atoms with Gasteiger partial charge in [0, 0.05) is 12.1 Å². The molecule has 1 saturated carbocycles. The molecule has 1 fully saturated rings. The Bertz CT molecular complexity index is 485. The minimum atomic E-state index is -0.547. The fraction of sp³-hybridized carbons (Fsp3) is 0.533. The van der Waals surface area contributed by atoms with Gasteiger partial charge in [0.1, 0.15) is 11.6 Å². The smallest absolute Gasteiger partial charge is 0.239 e. The van der Waals surface area contributed by atoms with Crippen molar-refractivity contribution in [2.75, 3.05) is 11.9 Å². The molecule has 0 saturated heterocycles. The first-order chi connectivity index (χ1) is 9.56. The maximum Gasteiger partial charge on any atom is 0.239 e. The quantitative estimate of drug-likeness (QED) is 0.890. The summed E-state index contributed by atoms with van der Waals surface area (Å²) >= 11 is 0. The third kappa shape index (κ3) is 3.92. The van der Waals surface area contributed by atoms with Crippen molar-refractivity contribution in [3.63, 3.8) is 0 Å². The Morgan fingerprint density at radius 1 is 1.20 bits per heavy atom. The number of rotatable bonds is 4. The lowest BCUT2D eigenvalue weighted by atomic mass is 9.95. The maximum atomic E-state index is 13.6. The first-order valence-corrected chi connectivity index (χ1v) is 7.05. The molecule has 110 valence electrons. The summed E-state index contributed by atoms with van der Waals surface area (Å²) in [6, 6.07) is 2.42. The van der Waals surface area contributed by atoms with Gasteiger partial charge < -0.3 is 10.6 Å². The molecule has 20 heavy (non-hydrogen) atoms. The van der Waals surface area contributed by atoms with Gasteiger partial charge in [0.15, 0.2) is 0 Å². The van der Waals surface area contributed by atoms with Crippen LogP contribution in [0.4, 0.5) is 14.5 Å². The predicted molar refractivity (Wildman–Crippen MR) is 74.6 cm³/mol. The number of halogens is 2. The van der Waals surface area contributed by atoms with Crippen molar-refractivity contribution in [3.8, 4) is 0 Å². The highest BCUT2D eigenvalue weighted by Gasteiger charge is 2.16. The highest BCUT2D eigenvalue weighted by molar-refractivity contribution is 5.81. The molecule has 0 radical (unpaired) electrons. The van der Waals surface area contributed by atoms with Crippen LogP contribution in [0.3, 0.4) is 0 Å². The van der Waals surface area contributed by atoms with E-state index in [2.05, 4.69) is 10.6 Å². The molecular weight excluding hydrogens is 262 g/mol. The van der Waals surface area contributed by atoms with Crippen LogP contribution < -0.4 is 10.6 Å². The Morgan fingerprint density at radius 3 is 2.60 bits per heavy atom. The molecule has 0 aromatic heterocycles. The summed E-state index contributed by atoms with van der Waals surface area (Å²) in [7, 11) is 0. The number of anilines is 1. The van der Waals surface area contributed by atoms with E-state index in [1.54, 1.807) is 0 Å². The molecule has 2 rings (SSSR count). The summed E-state index contributed by atoms with van der Waals surface area (Å²) in [4.78, 5) is 11.8. The lowest BCUT2D eigenvalue weighted by Crippen LogP contribution is -2.39. The van der Waals surface area contributed by atoms with Crippen molar-refractivity contribution in [1.82, 2.24) is 5.32 Å². The van der Waals surface area contributed by atoms with E-state index in [1.165, 1.54) is 13.3 Å². The summed E-state index contributed by atoms with van der Waals surface area (Å²) in [5, 5.41) is 5.56. The zero-order valence-corrected chi connectivity index (χ0v) is 11.6. The Labute approximate surface area is 117 Å². The zero-order chi connectivity index (χ0) is 14.5. The van der Waals surface area contributed by atoms with Crippen molar-refractivity contribution in [2.24, 2.45) is 0 Å². The minimum Gasteiger partial charge on any atom is -0.374 e. The number of benzene rings is 1. The molecular formula is C15H20F2N2O. The first kappa shape index (κ1) is 14.8. The molecule has 3 nitrogen and oxygen atoms in total. The molecule has 0 unspecified atom stereocenters. The van der Waals surface area contributed by atoms with E-state index in [4.69, 9.17) is 0 Å². The number of aryl methyl sites for hydroxylation is 1. The summed E-state index contributed by atoms with van der Waals surface area (Å²) in [6.45, 7) is 1.45.